The fourth-order valence-electron chi connectivity index (χ4n) is 4.28. The largest absolute Gasteiger partial charge is 0.394 e. The lowest BCUT2D eigenvalue weighted by molar-refractivity contribution is -0.133. The Bertz CT molecular complexity index is 614. The minimum Gasteiger partial charge on any atom is -0.394 e. The van der Waals surface area contributed by atoms with Crippen molar-refractivity contribution in [2.75, 3.05) is 37.7 Å². The van der Waals surface area contributed by atoms with Crippen molar-refractivity contribution in [3.8, 4) is 0 Å². The zero-order chi connectivity index (χ0) is 17.2. The zero-order valence-electron chi connectivity index (χ0n) is 14.7. The molecule has 3 heterocycles. The summed E-state index contributed by atoms with van der Waals surface area (Å²) in [4.78, 5) is 23.0. The summed E-state index contributed by atoms with van der Waals surface area (Å²) in [6, 6.07) is 0.0986. The second-order valence-electron chi connectivity index (χ2n) is 7.52. The summed E-state index contributed by atoms with van der Waals surface area (Å²) in [6.45, 7) is 4.26. The summed E-state index contributed by atoms with van der Waals surface area (Å²) >= 11 is 1.71. The van der Waals surface area contributed by atoms with Crippen molar-refractivity contribution in [3.05, 3.63) is 10.6 Å². The van der Waals surface area contributed by atoms with E-state index in [0.717, 1.165) is 49.8 Å². The highest BCUT2D eigenvalue weighted by Gasteiger charge is 2.30. The number of hydrogen-bond donors (Lipinski definition) is 2. The molecule has 0 radical (unpaired) electrons. The monoisotopic (exact) mass is 364 g/mol. The van der Waals surface area contributed by atoms with Crippen LogP contribution in [0.1, 0.15) is 42.7 Å². The molecule has 0 bridgehead atoms. The standard InChI is InChI=1S/C18H28N4O2S/c23-12-14-10-19-6-8-22(14)18-20-15-5-7-21(11-16(15)25-18)17(24)9-13-3-1-2-4-13/h13-14,19,23H,1-12H2. The van der Waals surface area contributed by atoms with E-state index in [0.29, 0.717) is 18.4 Å². The summed E-state index contributed by atoms with van der Waals surface area (Å²) in [5, 5.41) is 14.0. The molecule has 0 aromatic carbocycles. The van der Waals surface area contributed by atoms with Gasteiger partial charge in [0.05, 0.1) is 24.9 Å². The lowest BCUT2D eigenvalue weighted by Crippen LogP contribution is -2.53. The molecular formula is C18H28N4O2S. The number of fused-ring (bicyclic) bond motifs is 1. The minimum absolute atomic E-state index is 0.0986. The first-order chi connectivity index (χ1) is 12.2. The van der Waals surface area contributed by atoms with Crippen LogP contribution in [0.25, 0.3) is 0 Å². The van der Waals surface area contributed by atoms with Crippen LogP contribution in [0.15, 0.2) is 0 Å². The molecule has 1 aromatic heterocycles. The Morgan fingerprint density at radius 3 is 2.96 bits per heavy atom. The quantitative estimate of drug-likeness (QED) is 0.845. The maximum atomic E-state index is 12.6. The van der Waals surface area contributed by atoms with Gasteiger partial charge in [-0.05, 0) is 18.8 Å². The first-order valence-corrected chi connectivity index (χ1v) is 10.4. The van der Waals surface area contributed by atoms with E-state index < -0.39 is 0 Å². The fourth-order valence-corrected chi connectivity index (χ4v) is 5.50. The lowest BCUT2D eigenvalue weighted by Gasteiger charge is -2.34. The van der Waals surface area contributed by atoms with Gasteiger partial charge in [-0.3, -0.25) is 4.79 Å². The smallest absolute Gasteiger partial charge is 0.223 e. The maximum absolute atomic E-state index is 12.6. The first kappa shape index (κ1) is 17.2. The van der Waals surface area contributed by atoms with Crippen LogP contribution in [-0.2, 0) is 17.8 Å². The van der Waals surface area contributed by atoms with E-state index in [1.807, 2.05) is 4.90 Å². The molecule has 4 rings (SSSR count). The third-order valence-electron chi connectivity index (χ3n) is 5.82. The molecule has 2 fully saturated rings. The molecule has 1 aliphatic carbocycles. The molecule has 1 saturated carbocycles. The summed E-state index contributed by atoms with van der Waals surface area (Å²) in [7, 11) is 0. The highest BCUT2D eigenvalue weighted by molar-refractivity contribution is 7.15. The van der Waals surface area contributed by atoms with E-state index in [2.05, 4.69) is 10.2 Å². The van der Waals surface area contributed by atoms with Crippen LogP contribution in [0.5, 0.6) is 0 Å². The van der Waals surface area contributed by atoms with Crippen LogP contribution in [0.2, 0.25) is 0 Å². The van der Waals surface area contributed by atoms with Gasteiger partial charge in [0, 0.05) is 43.9 Å². The second-order valence-corrected chi connectivity index (χ2v) is 8.58. The number of nitrogens with zero attached hydrogens (tertiary/aromatic N) is 3. The SMILES string of the molecule is O=C(CC1CCCC1)N1CCc2nc(N3CCNCC3CO)sc2C1. The summed E-state index contributed by atoms with van der Waals surface area (Å²) in [5.41, 5.74) is 1.15. The van der Waals surface area contributed by atoms with Crippen molar-refractivity contribution in [3.63, 3.8) is 0 Å². The maximum Gasteiger partial charge on any atom is 0.223 e. The number of aromatic nitrogens is 1. The van der Waals surface area contributed by atoms with Crippen molar-refractivity contribution in [2.45, 2.75) is 51.1 Å². The highest BCUT2D eigenvalue weighted by Crippen LogP contribution is 2.33. The van der Waals surface area contributed by atoms with E-state index in [4.69, 9.17) is 4.98 Å². The molecule has 7 heteroatoms. The summed E-state index contributed by atoms with van der Waals surface area (Å²) in [5.74, 6) is 0.931. The van der Waals surface area contributed by atoms with Crippen molar-refractivity contribution in [1.82, 2.24) is 15.2 Å². The van der Waals surface area contributed by atoms with Crippen LogP contribution in [-0.4, -0.2) is 59.7 Å². The van der Waals surface area contributed by atoms with Gasteiger partial charge in [-0.2, -0.15) is 0 Å². The molecule has 138 valence electrons. The van der Waals surface area contributed by atoms with Crippen LogP contribution in [0, 0.1) is 5.92 Å². The number of thiazole rings is 1. The molecule has 1 unspecified atom stereocenters. The molecule has 6 nitrogen and oxygen atoms in total. The van der Waals surface area contributed by atoms with Gasteiger partial charge in [0.2, 0.25) is 5.91 Å². The first-order valence-electron chi connectivity index (χ1n) is 9.59. The van der Waals surface area contributed by atoms with Crippen LogP contribution in [0.4, 0.5) is 5.13 Å². The number of anilines is 1. The third-order valence-corrected chi connectivity index (χ3v) is 6.94. The Hall–Kier alpha value is -1.18. The number of rotatable bonds is 4. The van der Waals surface area contributed by atoms with Gasteiger partial charge in [-0.15, -0.1) is 0 Å². The molecule has 1 amide bonds. The van der Waals surface area contributed by atoms with Gasteiger partial charge in [0.15, 0.2) is 5.13 Å². The predicted molar refractivity (Wildman–Crippen MR) is 98.9 cm³/mol. The van der Waals surface area contributed by atoms with Crippen molar-refractivity contribution in [2.24, 2.45) is 5.92 Å². The number of hydrogen-bond acceptors (Lipinski definition) is 6. The molecule has 1 aromatic rings. The average Bonchev–Trinajstić information content (AvgIpc) is 3.30. The van der Waals surface area contributed by atoms with E-state index in [-0.39, 0.29) is 12.6 Å². The number of aliphatic hydroxyl groups excluding tert-OH is 1. The van der Waals surface area contributed by atoms with Gasteiger partial charge >= 0.3 is 0 Å². The molecule has 1 saturated heterocycles. The lowest BCUT2D eigenvalue weighted by atomic mass is 10.0. The number of aliphatic hydroxyl groups is 1. The molecule has 3 aliphatic rings. The third kappa shape index (κ3) is 3.68. The minimum atomic E-state index is 0.0986. The molecule has 2 N–H and O–H groups in total. The Kier molecular flexibility index (Phi) is 5.24. The van der Waals surface area contributed by atoms with Crippen LogP contribution in [0.3, 0.4) is 0 Å². The van der Waals surface area contributed by atoms with Gasteiger partial charge < -0.3 is 20.2 Å². The molecule has 2 aliphatic heterocycles. The normalized spacial score (nSPS) is 24.6. The van der Waals surface area contributed by atoms with Crippen molar-refractivity contribution in [1.29, 1.82) is 0 Å². The molecule has 0 spiro atoms. The van der Waals surface area contributed by atoms with E-state index in [9.17, 15) is 9.90 Å². The number of carbonyl (C=O) groups is 1. The summed E-state index contributed by atoms with van der Waals surface area (Å²) in [6.07, 6.45) is 6.61. The van der Waals surface area contributed by atoms with E-state index >= 15 is 0 Å². The number of piperazine rings is 1. The van der Waals surface area contributed by atoms with Crippen LogP contribution >= 0.6 is 11.3 Å². The van der Waals surface area contributed by atoms with Gasteiger partial charge in [-0.1, -0.05) is 24.2 Å². The molecular weight excluding hydrogens is 336 g/mol. The van der Waals surface area contributed by atoms with Gasteiger partial charge in [0.25, 0.3) is 0 Å². The van der Waals surface area contributed by atoms with Crippen molar-refractivity contribution >= 4 is 22.4 Å². The Morgan fingerprint density at radius 1 is 1.32 bits per heavy atom. The predicted octanol–water partition coefficient (Wildman–Crippen LogP) is 1.38. The highest BCUT2D eigenvalue weighted by atomic mass is 32.1. The van der Waals surface area contributed by atoms with Crippen LogP contribution < -0.4 is 10.2 Å². The number of amides is 1. The van der Waals surface area contributed by atoms with E-state index in [1.165, 1.54) is 30.6 Å². The Morgan fingerprint density at radius 2 is 2.16 bits per heavy atom. The van der Waals surface area contributed by atoms with Crippen molar-refractivity contribution < 1.29 is 9.90 Å². The Labute approximate surface area is 153 Å². The van der Waals surface area contributed by atoms with Gasteiger partial charge in [-0.25, -0.2) is 4.98 Å². The average molecular weight is 365 g/mol. The van der Waals surface area contributed by atoms with E-state index in [1.54, 1.807) is 11.3 Å². The second kappa shape index (κ2) is 7.60. The molecule has 1 atom stereocenters. The zero-order valence-corrected chi connectivity index (χ0v) is 15.6. The fraction of sp³-hybridized carbons (Fsp3) is 0.778. The Balaban J connectivity index is 1.42. The topological polar surface area (TPSA) is 68.7 Å². The molecule has 25 heavy (non-hydrogen) atoms. The van der Waals surface area contributed by atoms with Gasteiger partial charge in [0.1, 0.15) is 0 Å². The number of carbonyl (C=O) groups excluding carboxylic acids is 1. The number of nitrogens with one attached hydrogen (secondary N) is 1. The summed E-state index contributed by atoms with van der Waals surface area (Å²) < 4.78 is 0.